The summed E-state index contributed by atoms with van der Waals surface area (Å²) in [4.78, 5) is 0. The molecule has 0 heteroatoms. The topological polar surface area (TPSA) is 0 Å². The zero-order valence-corrected chi connectivity index (χ0v) is 17.7. The van der Waals surface area contributed by atoms with Gasteiger partial charge >= 0.3 is 0 Å². The molecule has 0 saturated heterocycles. The van der Waals surface area contributed by atoms with Crippen molar-refractivity contribution in [2.45, 2.75) is 94.9 Å². The molecule has 0 amide bonds. The molecule has 0 N–H and O–H groups in total. The highest BCUT2D eigenvalue weighted by Crippen LogP contribution is 2.20. The lowest BCUT2D eigenvalue weighted by Crippen LogP contribution is -2.10. The van der Waals surface area contributed by atoms with Crippen LogP contribution in [0.15, 0.2) is 30.3 Å². The number of hydrogen-bond donors (Lipinski definition) is 0. The molecule has 0 aromatic heterocycles. The van der Waals surface area contributed by atoms with Gasteiger partial charge in [-0.15, -0.1) is 0 Å². The highest BCUT2D eigenvalue weighted by molar-refractivity contribution is 5.21. The molecule has 22 heavy (non-hydrogen) atoms. The number of benzene rings is 1. The normalized spacial score (nSPS) is 10.4. The maximum atomic E-state index is 2.22. The first kappa shape index (κ1) is 26.1. The van der Waals surface area contributed by atoms with Crippen molar-refractivity contribution in [2.75, 3.05) is 0 Å². The van der Waals surface area contributed by atoms with Gasteiger partial charge in [-0.05, 0) is 22.3 Å². The molecule has 0 radical (unpaired) electrons. The Labute approximate surface area is 142 Å². The van der Waals surface area contributed by atoms with Gasteiger partial charge < -0.3 is 0 Å². The molecule has 1 aromatic rings. The van der Waals surface area contributed by atoms with Crippen LogP contribution in [-0.4, -0.2) is 0 Å². The Kier molecular flexibility index (Phi) is 16.5. The molecule has 0 bridgehead atoms. The second kappa shape index (κ2) is 13.9. The zero-order valence-electron chi connectivity index (χ0n) is 17.7. The first-order chi connectivity index (χ1) is 9.75. The summed E-state index contributed by atoms with van der Waals surface area (Å²) in [5.74, 6) is 0.833. The third-order valence-electron chi connectivity index (χ3n) is 1.64. The first-order valence-electron chi connectivity index (χ1n) is 8.81. The van der Waals surface area contributed by atoms with Crippen molar-refractivity contribution in [3.8, 4) is 0 Å². The third-order valence-corrected chi connectivity index (χ3v) is 1.64. The maximum Gasteiger partial charge on any atom is -0.0132 e. The van der Waals surface area contributed by atoms with Crippen molar-refractivity contribution in [3.05, 3.63) is 35.9 Å². The Morgan fingerprint density at radius 1 is 0.727 bits per heavy atom. The van der Waals surface area contributed by atoms with Gasteiger partial charge in [0, 0.05) is 0 Å². The molecule has 0 aliphatic carbocycles. The zero-order chi connectivity index (χ0) is 18.4. The van der Waals surface area contributed by atoms with E-state index in [1.807, 2.05) is 0 Å². The first-order valence-corrected chi connectivity index (χ1v) is 8.81. The minimum atomic E-state index is 0.293. The van der Waals surface area contributed by atoms with Crippen molar-refractivity contribution >= 4 is 0 Å². The van der Waals surface area contributed by atoms with Crippen LogP contribution >= 0.6 is 0 Å². The van der Waals surface area contributed by atoms with E-state index in [1.165, 1.54) is 12.0 Å². The van der Waals surface area contributed by atoms with Crippen molar-refractivity contribution in [1.82, 2.24) is 0 Å². The summed E-state index contributed by atoms with van der Waals surface area (Å²) < 4.78 is 0. The number of rotatable bonds is 0. The summed E-state index contributed by atoms with van der Waals surface area (Å²) in [6.45, 7) is 26.2. The third kappa shape index (κ3) is 36.5. The Bertz CT molecular complexity index is 297. The van der Waals surface area contributed by atoms with Crippen molar-refractivity contribution in [2.24, 2.45) is 11.3 Å². The molecule has 0 heterocycles. The highest BCUT2D eigenvalue weighted by atomic mass is 14.2. The minimum Gasteiger partial charge on any atom is -0.0656 e. The van der Waals surface area contributed by atoms with Crippen LogP contribution in [0.5, 0.6) is 0 Å². The molecule has 1 aromatic carbocycles. The monoisotopic (exact) mass is 308 g/mol. The van der Waals surface area contributed by atoms with E-state index in [0.717, 1.165) is 5.92 Å². The predicted molar refractivity (Wildman–Crippen MR) is 107 cm³/mol. The standard InChI is InChI=1S/C10H14.C5H12.C4H10.C3H8/c1-10(2,3)9-7-5-4-6-8-9;1-5(2,3)4;1-4(2)3;1-3-2/h4-8H,1-3H3;1-4H3;4H,1-3H3;3H2,1-2H3. The number of hydrogen-bond acceptors (Lipinski definition) is 0. The largest absolute Gasteiger partial charge is 0.0656 e. The molecule has 0 unspecified atom stereocenters. The van der Waals surface area contributed by atoms with Gasteiger partial charge in [-0.3, -0.25) is 0 Å². The second-order valence-electron chi connectivity index (χ2n) is 9.06. The van der Waals surface area contributed by atoms with Crippen LogP contribution in [0.1, 0.15) is 95.1 Å². The molecule has 0 aliphatic heterocycles. The van der Waals surface area contributed by atoms with Crippen molar-refractivity contribution in [1.29, 1.82) is 0 Å². The van der Waals surface area contributed by atoms with E-state index in [9.17, 15) is 0 Å². The molecule has 0 spiro atoms. The van der Waals surface area contributed by atoms with Crippen LogP contribution in [-0.2, 0) is 5.41 Å². The fourth-order valence-electron chi connectivity index (χ4n) is 0.938. The molecule has 0 nitrogen and oxygen atoms in total. The second-order valence-corrected chi connectivity index (χ2v) is 9.06. The average Bonchev–Trinajstić information content (AvgIpc) is 2.27. The van der Waals surface area contributed by atoms with Crippen LogP contribution in [0, 0.1) is 11.3 Å². The predicted octanol–water partition coefficient (Wildman–Crippen LogP) is 8.12. The van der Waals surface area contributed by atoms with Gasteiger partial charge in [0.25, 0.3) is 0 Å². The van der Waals surface area contributed by atoms with E-state index >= 15 is 0 Å². The molecule has 132 valence electrons. The summed E-state index contributed by atoms with van der Waals surface area (Å²) in [6, 6.07) is 10.6. The quantitative estimate of drug-likeness (QED) is 0.454. The smallest absolute Gasteiger partial charge is 0.0132 e. The van der Waals surface area contributed by atoms with Crippen LogP contribution in [0.2, 0.25) is 0 Å². The summed E-state index contributed by atoms with van der Waals surface area (Å²) >= 11 is 0. The van der Waals surface area contributed by atoms with Gasteiger partial charge in [-0.1, -0.05) is 120 Å². The Hall–Kier alpha value is -0.780. The van der Waals surface area contributed by atoms with Gasteiger partial charge in [-0.2, -0.15) is 0 Å². The molecule has 0 fully saturated rings. The summed E-state index contributed by atoms with van der Waals surface area (Å²) in [7, 11) is 0. The fraction of sp³-hybridized carbons (Fsp3) is 0.727. The van der Waals surface area contributed by atoms with Gasteiger partial charge in [0.2, 0.25) is 0 Å². The van der Waals surface area contributed by atoms with Gasteiger partial charge in [-0.25, -0.2) is 0 Å². The molecular formula is C22H44. The van der Waals surface area contributed by atoms with Crippen LogP contribution in [0.4, 0.5) is 0 Å². The fourth-order valence-corrected chi connectivity index (χ4v) is 0.938. The summed E-state index contributed by atoms with van der Waals surface area (Å²) in [5.41, 5.74) is 2.19. The molecule has 0 atom stereocenters. The molecule has 0 aliphatic rings. The Balaban J connectivity index is -0.000000255. The lowest BCUT2D eigenvalue weighted by Gasteiger charge is -2.18. The van der Waals surface area contributed by atoms with E-state index in [0.29, 0.717) is 10.8 Å². The molecule has 1 rings (SSSR count). The van der Waals surface area contributed by atoms with E-state index in [-0.39, 0.29) is 0 Å². The van der Waals surface area contributed by atoms with Crippen molar-refractivity contribution < 1.29 is 0 Å². The highest BCUT2D eigenvalue weighted by Gasteiger charge is 2.11. The summed E-state index contributed by atoms with van der Waals surface area (Å²) in [5, 5.41) is 0. The van der Waals surface area contributed by atoms with Gasteiger partial charge in [0.15, 0.2) is 0 Å². The lowest BCUT2D eigenvalue weighted by molar-refractivity contribution is 0.469. The lowest BCUT2D eigenvalue weighted by atomic mass is 9.87. The SMILES string of the molecule is CC(C)(C)C.CC(C)(C)c1ccccc1.CC(C)C.CCC. The maximum absolute atomic E-state index is 2.22. The minimum absolute atomic E-state index is 0.293. The molecule has 0 saturated carbocycles. The Morgan fingerprint density at radius 2 is 0.955 bits per heavy atom. The van der Waals surface area contributed by atoms with E-state index < -0.39 is 0 Å². The van der Waals surface area contributed by atoms with E-state index in [1.54, 1.807) is 0 Å². The summed E-state index contributed by atoms with van der Waals surface area (Å²) in [6.07, 6.45) is 1.25. The molecular weight excluding hydrogens is 264 g/mol. The average molecular weight is 309 g/mol. The van der Waals surface area contributed by atoms with Crippen LogP contribution < -0.4 is 0 Å². The van der Waals surface area contributed by atoms with Crippen LogP contribution in [0.25, 0.3) is 0 Å². The van der Waals surface area contributed by atoms with Crippen molar-refractivity contribution in [3.63, 3.8) is 0 Å². The van der Waals surface area contributed by atoms with Crippen LogP contribution in [0.3, 0.4) is 0 Å². The Morgan fingerprint density at radius 3 is 1.09 bits per heavy atom. The van der Waals surface area contributed by atoms with Gasteiger partial charge in [0.1, 0.15) is 0 Å². The van der Waals surface area contributed by atoms with E-state index in [4.69, 9.17) is 0 Å². The van der Waals surface area contributed by atoms with E-state index in [2.05, 4.69) is 113 Å². The van der Waals surface area contributed by atoms with Gasteiger partial charge in [0.05, 0.1) is 0 Å².